The number of ether oxygens (including phenoxy) is 1. The maximum absolute atomic E-state index is 13.1. The van der Waals surface area contributed by atoms with Crippen molar-refractivity contribution in [2.24, 2.45) is 13.0 Å². The maximum atomic E-state index is 13.1. The van der Waals surface area contributed by atoms with Crippen LogP contribution < -0.4 is 9.64 Å². The minimum absolute atomic E-state index is 0.00257. The third-order valence-corrected chi connectivity index (χ3v) is 5.26. The van der Waals surface area contributed by atoms with Gasteiger partial charge in [0, 0.05) is 36.1 Å². The first-order chi connectivity index (χ1) is 12.4. The smallest absolute Gasteiger partial charge is 0.251 e. The zero-order valence-corrected chi connectivity index (χ0v) is 16.2. The van der Waals surface area contributed by atoms with Gasteiger partial charge in [0.15, 0.2) is 0 Å². The van der Waals surface area contributed by atoms with Crippen molar-refractivity contribution in [2.45, 2.75) is 39.7 Å². The average molecular weight is 353 g/mol. The molecular weight excluding hydrogens is 326 g/mol. The van der Waals surface area contributed by atoms with Gasteiger partial charge >= 0.3 is 0 Å². The van der Waals surface area contributed by atoms with Crippen molar-refractivity contribution in [3.05, 3.63) is 47.3 Å². The summed E-state index contributed by atoms with van der Waals surface area (Å²) < 4.78 is 7.08. The minimum Gasteiger partial charge on any atom is -0.497 e. The van der Waals surface area contributed by atoms with Gasteiger partial charge < -0.3 is 9.64 Å². The summed E-state index contributed by atoms with van der Waals surface area (Å²) in [4.78, 5) is 15.0. The quantitative estimate of drug-likeness (QED) is 0.740. The Morgan fingerprint density at radius 1 is 1.31 bits per heavy atom. The highest BCUT2D eigenvalue weighted by molar-refractivity contribution is 6.04. The molecule has 1 aliphatic carbocycles. The lowest BCUT2D eigenvalue weighted by atomic mass is 10.1. The molecule has 1 amide bonds. The Labute approximate surface area is 155 Å². The Morgan fingerprint density at radius 2 is 1.96 bits per heavy atom. The Kier molecular flexibility index (Phi) is 5.16. The number of hydrogen-bond donors (Lipinski definition) is 0. The summed E-state index contributed by atoms with van der Waals surface area (Å²) in [6.07, 6.45) is 5.92. The van der Waals surface area contributed by atoms with Crippen LogP contribution >= 0.6 is 0 Å². The lowest BCUT2D eigenvalue weighted by Gasteiger charge is -2.28. The molecule has 1 aromatic carbocycles. The number of aryl methyl sites for hydroxylation is 2. The van der Waals surface area contributed by atoms with E-state index in [0.29, 0.717) is 5.92 Å². The minimum atomic E-state index is -0.00257. The number of anilines is 1. The van der Waals surface area contributed by atoms with Crippen LogP contribution in [0.15, 0.2) is 30.3 Å². The third kappa shape index (κ3) is 3.66. The number of hydrogen-bond acceptors (Lipinski definition) is 3. The summed E-state index contributed by atoms with van der Waals surface area (Å²) in [6.45, 7) is 6.11. The second kappa shape index (κ2) is 7.36. The molecule has 5 nitrogen and oxygen atoms in total. The first kappa shape index (κ1) is 18.2. The van der Waals surface area contributed by atoms with Gasteiger partial charge in [-0.2, -0.15) is 5.10 Å². The molecule has 26 heavy (non-hydrogen) atoms. The van der Waals surface area contributed by atoms with Crippen molar-refractivity contribution in [1.29, 1.82) is 0 Å². The molecule has 1 atom stereocenters. The van der Waals surface area contributed by atoms with Crippen LogP contribution in [0.1, 0.15) is 36.7 Å². The zero-order chi connectivity index (χ0) is 18.8. The number of nitrogens with zero attached hydrogens (tertiary/aromatic N) is 3. The van der Waals surface area contributed by atoms with Gasteiger partial charge in [0.05, 0.1) is 12.8 Å². The molecule has 0 aliphatic heterocycles. The highest BCUT2D eigenvalue weighted by Crippen LogP contribution is 2.37. The van der Waals surface area contributed by atoms with E-state index in [2.05, 4.69) is 12.0 Å². The normalized spacial score (nSPS) is 15.3. The van der Waals surface area contributed by atoms with Gasteiger partial charge in [-0.25, -0.2) is 0 Å². The lowest BCUT2D eigenvalue weighted by Crippen LogP contribution is -2.39. The summed E-state index contributed by atoms with van der Waals surface area (Å²) in [7, 11) is 3.56. The van der Waals surface area contributed by atoms with Crippen molar-refractivity contribution in [2.75, 3.05) is 12.0 Å². The number of carbonyl (C=O) groups excluding carboxylic acids is 1. The summed E-state index contributed by atoms with van der Waals surface area (Å²) in [5.41, 5.74) is 3.90. The van der Waals surface area contributed by atoms with Gasteiger partial charge in [-0.15, -0.1) is 0 Å². The van der Waals surface area contributed by atoms with Crippen LogP contribution in [0.4, 0.5) is 5.69 Å². The molecule has 0 spiro atoms. The van der Waals surface area contributed by atoms with Crippen LogP contribution in [-0.4, -0.2) is 28.8 Å². The summed E-state index contributed by atoms with van der Waals surface area (Å²) >= 11 is 0. The number of benzene rings is 1. The van der Waals surface area contributed by atoms with Gasteiger partial charge in [0.2, 0.25) is 0 Å². The Bertz CT molecular complexity index is 817. The molecule has 1 saturated carbocycles. The molecule has 0 N–H and O–H groups in total. The van der Waals surface area contributed by atoms with Crippen LogP contribution in [0.5, 0.6) is 5.75 Å². The van der Waals surface area contributed by atoms with Gasteiger partial charge in [-0.05, 0) is 69.9 Å². The van der Waals surface area contributed by atoms with E-state index in [-0.39, 0.29) is 11.9 Å². The summed E-state index contributed by atoms with van der Waals surface area (Å²) in [5, 5.41) is 4.41. The third-order valence-electron chi connectivity index (χ3n) is 5.26. The molecule has 1 unspecified atom stereocenters. The molecule has 5 heteroatoms. The number of aromatic nitrogens is 2. The largest absolute Gasteiger partial charge is 0.497 e. The van der Waals surface area contributed by atoms with Crippen LogP contribution in [0, 0.1) is 19.8 Å². The molecule has 1 fully saturated rings. The fourth-order valence-corrected chi connectivity index (χ4v) is 3.36. The van der Waals surface area contributed by atoms with E-state index in [1.165, 1.54) is 12.8 Å². The van der Waals surface area contributed by atoms with E-state index in [1.54, 1.807) is 13.2 Å². The van der Waals surface area contributed by atoms with E-state index < -0.39 is 0 Å². The molecule has 0 radical (unpaired) electrons. The van der Waals surface area contributed by atoms with Crippen LogP contribution in [0.25, 0.3) is 6.08 Å². The van der Waals surface area contributed by atoms with Crippen molar-refractivity contribution < 1.29 is 9.53 Å². The van der Waals surface area contributed by atoms with E-state index in [1.807, 2.05) is 60.8 Å². The first-order valence-corrected chi connectivity index (χ1v) is 9.08. The SMILES string of the molecule is COc1ccc(N(C(=O)/C=C/c2c(C)nn(C)c2C)C(C)C2CC2)cc1. The Morgan fingerprint density at radius 3 is 2.46 bits per heavy atom. The average Bonchev–Trinajstić information content (AvgIpc) is 3.44. The van der Waals surface area contributed by atoms with Crippen molar-refractivity contribution in [1.82, 2.24) is 9.78 Å². The van der Waals surface area contributed by atoms with Gasteiger partial charge in [-0.1, -0.05) is 0 Å². The molecule has 0 saturated heterocycles. The van der Waals surface area contributed by atoms with Gasteiger partial charge in [0.1, 0.15) is 5.75 Å². The molecule has 0 bridgehead atoms. The molecule has 1 aromatic heterocycles. The molecule has 2 aromatic rings. The van der Waals surface area contributed by atoms with Crippen molar-refractivity contribution in [3.63, 3.8) is 0 Å². The lowest BCUT2D eigenvalue weighted by molar-refractivity contribution is -0.114. The predicted molar refractivity (Wildman–Crippen MR) is 104 cm³/mol. The number of rotatable bonds is 6. The van der Waals surface area contributed by atoms with E-state index in [9.17, 15) is 4.79 Å². The highest BCUT2D eigenvalue weighted by Gasteiger charge is 2.34. The second-order valence-corrected chi connectivity index (χ2v) is 7.03. The van der Waals surface area contributed by atoms with Crippen LogP contribution in [0.2, 0.25) is 0 Å². The van der Waals surface area contributed by atoms with Crippen LogP contribution in [0.3, 0.4) is 0 Å². The first-order valence-electron chi connectivity index (χ1n) is 9.08. The molecule has 138 valence electrons. The topological polar surface area (TPSA) is 47.4 Å². The summed E-state index contributed by atoms with van der Waals surface area (Å²) in [6, 6.07) is 7.87. The number of carbonyl (C=O) groups is 1. The van der Waals surface area contributed by atoms with E-state index >= 15 is 0 Å². The number of amides is 1. The second-order valence-electron chi connectivity index (χ2n) is 7.03. The summed E-state index contributed by atoms with van der Waals surface area (Å²) in [5.74, 6) is 1.37. The van der Waals surface area contributed by atoms with E-state index in [4.69, 9.17) is 4.74 Å². The monoisotopic (exact) mass is 353 g/mol. The maximum Gasteiger partial charge on any atom is 0.251 e. The van der Waals surface area contributed by atoms with Crippen LogP contribution in [-0.2, 0) is 11.8 Å². The Balaban J connectivity index is 1.88. The Hall–Kier alpha value is -2.56. The van der Waals surface area contributed by atoms with E-state index in [0.717, 1.165) is 28.4 Å². The van der Waals surface area contributed by atoms with Crippen molar-refractivity contribution in [3.8, 4) is 5.75 Å². The standard InChI is InChI=1S/C21H27N3O2/c1-14-20(16(3)23(4)22-14)12-13-21(25)24(15(2)17-6-7-17)18-8-10-19(26-5)11-9-18/h8-13,15,17H,6-7H2,1-5H3/b13-12+. The fraction of sp³-hybridized carbons (Fsp3) is 0.429. The molecular formula is C21H27N3O2. The van der Waals surface area contributed by atoms with Gasteiger partial charge in [0.25, 0.3) is 5.91 Å². The zero-order valence-electron chi connectivity index (χ0n) is 16.2. The predicted octanol–water partition coefficient (Wildman–Crippen LogP) is 3.89. The van der Waals surface area contributed by atoms with Gasteiger partial charge in [-0.3, -0.25) is 9.48 Å². The molecule has 1 aliphatic rings. The fourth-order valence-electron chi connectivity index (χ4n) is 3.36. The highest BCUT2D eigenvalue weighted by atomic mass is 16.5. The molecule has 1 heterocycles. The number of methoxy groups -OCH3 is 1. The van der Waals surface area contributed by atoms with Crippen molar-refractivity contribution >= 4 is 17.7 Å². The molecule has 3 rings (SSSR count).